The summed E-state index contributed by atoms with van der Waals surface area (Å²) in [5, 5.41) is 50.5. The summed E-state index contributed by atoms with van der Waals surface area (Å²) in [7, 11) is -2.87. The minimum atomic E-state index is -1.75. The standard InChI is InChI=1S/C31H37B2NO8/c1-4-19(12-20-10-17(2)29(36)18(3)11-20)8-9-26-27-21(16-35)13-24-28(25(27)15-32(39)42-26)31(38)34(30(24)37)23-7-5-6-22(14-23)33(40)41/h5-7,10-12,14,24-26,28,35-36,39-41H,4,8-9,13,15-16H2,1-3H3/b19-12+/t24-,25+,26-,28-/m1/s1. The van der Waals surface area contributed by atoms with Crippen LogP contribution in [0.3, 0.4) is 0 Å². The average molecular weight is 573 g/mol. The maximum Gasteiger partial charge on any atom is 0.488 e. The van der Waals surface area contributed by atoms with Crippen molar-refractivity contribution < 1.29 is 39.5 Å². The van der Waals surface area contributed by atoms with Crippen LogP contribution in [0, 0.1) is 31.6 Å². The summed E-state index contributed by atoms with van der Waals surface area (Å²) in [6.45, 7) is 5.52. The lowest BCUT2D eigenvalue weighted by molar-refractivity contribution is -0.122. The number of amides is 2. The molecule has 0 saturated carbocycles. The highest BCUT2D eigenvalue weighted by molar-refractivity contribution is 6.58. The van der Waals surface area contributed by atoms with Crippen LogP contribution in [0.25, 0.3) is 6.08 Å². The van der Waals surface area contributed by atoms with Gasteiger partial charge in [-0.15, -0.1) is 0 Å². The van der Waals surface area contributed by atoms with E-state index >= 15 is 0 Å². The first-order chi connectivity index (χ1) is 20.0. The zero-order chi connectivity index (χ0) is 30.3. The van der Waals surface area contributed by atoms with E-state index in [1.165, 1.54) is 12.1 Å². The van der Waals surface area contributed by atoms with Crippen molar-refractivity contribution in [1.29, 1.82) is 0 Å². The lowest BCUT2D eigenvalue weighted by atomic mass is 9.58. The third-order valence-electron chi connectivity index (χ3n) is 8.99. The van der Waals surface area contributed by atoms with Crippen molar-refractivity contribution in [1.82, 2.24) is 0 Å². The largest absolute Gasteiger partial charge is 0.507 e. The molecule has 5 rings (SSSR count). The van der Waals surface area contributed by atoms with E-state index in [1.54, 1.807) is 12.1 Å². The Balaban J connectivity index is 1.42. The maximum absolute atomic E-state index is 13.8. The summed E-state index contributed by atoms with van der Waals surface area (Å²) >= 11 is 0. The zero-order valence-corrected chi connectivity index (χ0v) is 24.2. The zero-order valence-electron chi connectivity index (χ0n) is 24.2. The number of allylic oxidation sites excluding steroid dienone is 1. The summed E-state index contributed by atoms with van der Waals surface area (Å²) in [5.74, 6) is -2.37. The second-order valence-corrected chi connectivity index (χ2v) is 11.7. The molecule has 0 unspecified atom stereocenters. The van der Waals surface area contributed by atoms with Crippen LogP contribution in [0.15, 0.2) is 53.1 Å². The maximum atomic E-state index is 13.8. The van der Waals surface area contributed by atoms with Gasteiger partial charge in [0.15, 0.2) is 0 Å². The van der Waals surface area contributed by atoms with Crippen molar-refractivity contribution in [3.05, 3.63) is 69.8 Å². The molecule has 0 radical (unpaired) electrons. The first-order valence-electron chi connectivity index (χ1n) is 14.5. The minimum Gasteiger partial charge on any atom is -0.507 e. The predicted octanol–water partition coefficient (Wildman–Crippen LogP) is 2.26. The molecule has 0 spiro atoms. The van der Waals surface area contributed by atoms with Gasteiger partial charge in [0, 0.05) is 0 Å². The first kappa shape index (κ1) is 30.3. The molecule has 11 heteroatoms. The normalized spacial score (nSPS) is 24.3. The second-order valence-electron chi connectivity index (χ2n) is 11.7. The number of rotatable bonds is 8. The Labute approximate surface area is 246 Å². The molecule has 5 N–H and O–H groups in total. The monoisotopic (exact) mass is 573 g/mol. The number of fused-ring (bicyclic) bond motifs is 3. The van der Waals surface area contributed by atoms with Crippen molar-refractivity contribution in [2.24, 2.45) is 17.8 Å². The fourth-order valence-corrected chi connectivity index (χ4v) is 6.96. The quantitative estimate of drug-likeness (QED) is 0.184. The summed E-state index contributed by atoms with van der Waals surface area (Å²) in [6, 6.07) is 9.93. The number of phenols is 1. The van der Waals surface area contributed by atoms with Crippen molar-refractivity contribution in [3.8, 4) is 5.75 Å². The highest BCUT2D eigenvalue weighted by atomic mass is 16.5. The van der Waals surface area contributed by atoms with Crippen molar-refractivity contribution in [3.63, 3.8) is 0 Å². The fraction of sp³-hybridized carbons (Fsp3) is 0.419. The van der Waals surface area contributed by atoms with Gasteiger partial charge in [0.1, 0.15) is 5.75 Å². The molecule has 42 heavy (non-hydrogen) atoms. The second kappa shape index (κ2) is 12.2. The van der Waals surface area contributed by atoms with Gasteiger partial charge in [-0.3, -0.25) is 14.5 Å². The van der Waals surface area contributed by atoms with Crippen LogP contribution >= 0.6 is 0 Å². The number of carbonyl (C=O) groups excluding carboxylic acids is 2. The minimum absolute atomic E-state index is 0.140. The highest BCUT2D eigenvalue weighted by Gasteiger charge is 2.57. The van der Waals surface area contributed by atoms with E-state index in [4.69, 9.17) is 4.65 Å². The molecule has 2 aliphatic heterocycles. The molecule has 0 aromatic heterocycles. The van der Waals surface area contributed by atoms with E-state index in [1.807, 2.05) is 26.0 Å². The van der Waals surface area contributed by atoms with E-state index in [9.17, 15) is 34.9 Å². The lowest BCUT2D eigenvalue weighted by Gasteiger charge is -2.43. The van der Waals surface area contributed by atoms with Gasteiger partial charge >= 0.3 is 14.2 Å². The number of aromatic hydroxyl groups is 1. The number of aliphatic hydroxyl groups excluding tert-OH is 1. The average Bonchev–Trinajstić information content (AvgIpc) is 3.22. The smallest absolute Gasteiger partial charge is 0.488 e. The number of anilines is 1. The van der Waals surface area contributed by atoms with Crippen LogP contribution in [0.2, 0.25) is 6.32 Å². The van der Waals surface area contributed by atoms with E-state index in [-0.39, 0.29) is 36.2 Å². The van der Waals surface area contributed by atoms with Crippen molar-refractivity contribution >= 4 is 43.3 Å². The summed E-state index contributed by atoms with van der Waals surface area (Å²) in [6.07, 6.45) is 3.91. The van der Waals surface area contributed by atoms with Crippen LogP contribution in [0.1, 0.15) is 49.3 Å². The highest BCUT2D eigenvalue weighted by Crippen LogP contribution is 2.51. The van der Waals surface area contributed by atoms with Crippen molar-refractivity contribution in [2.45, 2.75) is 58.9 Å². The Morgan fingerprint density at radius 2 is 1.83 bits per heavy atom. The van der Waals surface area contributed by atoms with Gasteiger partial charge in [-0.25, -0.2) is 0 Å². The number of aryl methyl sites for hydroxylation is 2. The molecule has 2 aromatic carbocycles. The summed E-state index contributed by atoms with van der Waals surface area (Å²) in [4.78, 5) is 28.5. The molecule has 9 nitrogen and oxygen atoms in total. The number of hydrogen-bond acceptors (Lipinski definition) is 8. The van der Waals surface area contributed by atoms with Gasteiger partial charge < -0.3 is 29.9 Å². The molecule has 2 fully saturated rings. The number of benzene rings is 2. The van der Waals surface area contributed by atoms with Crippen LogP contribution in [0.4, 0.5) is 5.69 Å². The first-order valence-corrected chi connectivity index (χ1v) is 14.5. The third kappa shape index (κ3) is 5.59. The Bertz CT molecular complexity index is 1430. The number of hydrogen-bond donors (Lipinski definition) is 5. The Kier molecular flexibility index (Phi) is 8.78. The molecule has 2 heterocycles. The Morgan fingerprint density at radius 3 is 2.48 bits per heavy atom. The van der Waals surface area contributed by atoms with Gasteiger partial charge in [0.2, 0.25) is 11.8 Å². The Morgan fingerprint density at radius 1 is 1.12 bits per heavy atom. The number of imide groups is 1. The van der Waals surface area contributed by atoms with Crippen LogP contribution < -0.4 is 10.4 Å². The van der Waals surface area contributed by atoms with Crippen LogP contribution in [-0.4, -0.2) is 64.0 Å². The van der Waals surface area contributed by atoms with E-state index in [0.29, 0.717) is 18.4 Å². The summed E-state index contributed by atoms with van der Waals surface area (Å²) < 4.78 is 6.01. The van der Waals surface area contributed by atoms with E-state index < -0.39 is 49.9 Å². The molecule has 220 valence electrons. The van der Waals surface area contributed by atoms with Gasteiger partial charge in [0.05, 0.1) is 30.2 Å². The number of nitrogens with zero attached hydrogens (tertiary/aromatic N) is 1. The number of phenolic OH excluding ortho intramolecular Hbond substituents is 1. The van der Waals surface area contributed by atoms with E-state index in [2.05, 4.69) is 13.0 Å². The van der Waals surface area contributed by atoms with Gasteiger partial charge in [-0.2, -0.15) is 0 Å². The SMILES string of the molecule is CC/C(=C\c1cc(C)c(O)c(C)c1)CC[C@H]1OB(O)C[C@H]2C1=C(CO)C[C@H]1C(=O)N(c3cccc(B(O)O)c3)C(=O)[C@H]12. The molecule has 2 aromatic rings. The molecule has 2 amide bonds. The van der Waals surface area contributed by atoms with E-state index in [0.717, 1.165) is 39.2 Å². The topological polar surface area (TPSA) is 148 Å². The lowest BCUT2D eigenvalue weighted by Crippen LogP contribution is -2.46. The van der Waals surface area contributed by atoms with Gasteiger partial charge in [0.25, 0.3) is 0 Å². The predicted molar refractivity (Wildman–Crippen MR) is 161 cm³/mol. The summed E-state index contributed by atoms with van der Waals surface area (Å²) in [5.41, 5.74) is 5.66. The molecule has 3 aliphatic rings. The van der Waals surface area contributed by atoms with Crippen LogP contribution in [-0.2, 0) is 14.2 Å². The third-order valence-corrected chi connectivity index (χ3v) is 8.99. The molecule has 1 aliphatic carbocycles. The van der Waals surface area contributed by atoms with Gasteiger partial charge in [-0.05, 0) is 109 Å². The number of carbonyl (C=O) groups is 2. The van der Waals surface area contributed by atoms with Crippen LogP contribution in [0.5, 0.6) is 5.75 Å². The molecule has 2 saturated heterocycles. The molecule has 0 bridgehead atoms. The van der Waals surface area contributed by atoms with Gasteiger partial charge in [-0.1, -0.05) is 30.7 Å². The fourth-order valence-electron chi connectivity index (χ4n) is 6.96. The Hall–Kier alpha value is -3.21. The molecular weight excluding hydrogens is 536 g/mol. The number of aliphatic hydroxyl groups is 1. The molecule has 4 atom stereocenters. The molecular formula is C31H37B2NO8. The van der Waals surface area contributed by atoms with Crippen molar-refractivity contribution in [2.75, 3.05) is 11.5 Å².